The average molecular weight is 433 g/mol. The summed E-state index contributed by atoms with van der Waals surface area (Å²) in [6.07, 6.45) is 0.369. The highest BCUT2D eigenvalue weighted by Gasteiger charge is 2.29. The summed E-state index contributed by atoms with van der Waals surface area (Å²) in [6, 6.07) is 6.95. The first kappa shape index (κ1) is 20.0. The zero-order chi connectivity index (χ0) is 21.5. The van der Waals surface area contributed by atoms with Crippen LogP contribution in [0.15, 0.2) is 39.5 Å². The van der Waals surface area contributed by atoms with Crippen molar-refractivity contribution in [3.63, 3.8) is 0 Å². The molecule has 1 atom stereocenters. The van der Waals surface area contributed by atoms with Crippen molar-refractivity contribution in [3.05, 3.63) is 40.6 Å². The van der Waals surface area contributed by atoms with E-state index < -0.39 is 27.2 Å². The predicted octanol–water partition coefficient (Wildman–Crippen LogP) is 1.34. The topological polar surface area (TPSA) is 132 Å². The van der Waals surface area contributed by atoms with E-state index in [2.05, 4.69) is 5.32 Å². The summed E-state index contributed by atoms with van der Waals surface area (Å²) >= 11 is 0. The molecular formula is C20H19NO8S. The standard InChI is InChI=1S/C20H19NO8S/c1-27-12-2-3-16-14(6-12)20(24)19-15(22)7-13(8-17(19)29-16)28-9-18(23)21-11-4-5-30(25,26)10-11/h2-3,6-8,11,22H,4-5,9-10H2,1H3,(H,21,23). The molecule has 10 heteroatoms. The van der Waals surface area contributed by atoms with E-state index in [1.165, 1.54) is 25.3 Å². The van der Waals surface area contributed by atoms with E-state index in [9.17, 15) is 23.1 Å². The fourth-order valence-electron chi connectivity index (χ4n) is 3.45. The van der Waals surface area contributed by atoms with Crippen molar-refractivity contribution in [1.82, 2.24) is 5.32 Å². The number of methoxy groups -OCH3 is 1. The molecule has 158 valence electrons. The normalized spacial score (nSPS) is 17.8. The molecule has 3 aromatic rings. The van der Waals surface area contributed by atoms with Crippen LogP contribution >= 0.6 is 0 Å². The second kappa shape index (κ2) is 7.52. The number of phenolic OH excluding ortho intramolecular Hbond substituents is 1. The molecule has 1 fully saturated rings. The first-order chi connectivity index (χ1) is 14.3. The van der Waals surface area contributed by atoms with Crippen LogP contribution in [0.2, 0.25) is 0 Å². The van der Waals surface area contributed by atoms with E-state index in [0.29, 0.717) is 17.8 Å². The maximum atomic E-state index is 12.8. The quantitative estimate of drug-likeness (QED) is 0.576. The van der Waals surface area contributed by atoms with Gasteiger partial charge in [0.15, 0.2) is 16.4 Å². The van der Waals surface area contributed by atoms with Gasteiger partial charge in [-0.05, 0) is 24.6 Å². The summed E-state index contributed by atoms with van der Waals surface area (Å²) in [5.74, 6) is -0.249. The largest absolute Gasteiger partial charge is 0.507 e. The van der Waals surface area contributed by atoms with Gasteiger partial charge >= 0.3 is 0 Å². The first-order valence-electron chi connectivity index (χ1n) is 9.16. The van der Waals surface area contributed by atoms with E-state index in [0.717, 1.165) is 0 Å². The van der Waals surface area contributed by atoms with Crippen LogP contribution in [-0.2, 0) is 14.6 Å². The number of hydrogen-bond acceptors (Lipinski definition) is 8. The van der Waals surface area contributed by atoms with Gasteiger partial charge in [0.2, 0.25) is 5.43 Å². The molecule has 1 amide bonds. The molecule has 2 N–H and O–H groups in total. The maximum absolute atomic E-state index is 12.8. The summed E-state index contributed by atoms with van der Waals surface area (Å²) in [5, 5.41) is 13.2. The third-order valence-corrected chi connectivity index (χ3v) is 6.67. The van der Waals surface area contributed by atoms with Crippen molar-refractivity contribution in [2.45, 2.75) is 12.5 Å². The molecule has 1 aromatic heterocycles. The van der Waals surface area contributed by atoms with E-state index in [1.807, 2.05) is 0 Å². The van der Waals surface area contributed by atoms with Crippen molar-refractivity contribution < 1.29 is 32.2 Å². The highest BCUT2D eigenvalue weighted by molar-refractivity contribution is 7.91. The van der Waals surface area contributed by atoms with Gasteiger partial charge in [0.05, 0.1) is 24.0 Å². The molecular weight excluding hydrogens is 414 g/mol. The number of sulfone groups is 1. The van der Waals surface area contributed by atoms with E-state index in [-0.39, 0.29) is 46.0 Å². The van der Waals surface area contributed by atoms with Gasteiger partial charge in [0.1, 0.15) is 33.8 Å². The number of amides is 1. The minimum Gasteiger partial charge on any atom is -0.507 e. The number of hydrogen-bond donors (Lipinski definition) is 2. The zero-order valence-electron chi connectivity index (χ0n) is 16.0. The molecule has 0 saturated carbocycles. The van der Waals surface area contributed by atoms with Crippen LogP contribution in [-0.4, -0.2) is 50.7 Å². The summed E-state index contributed by atoms with van der Waals surface area (Å²) in [6.45, 7) is -0.378. The lowest BCUT2D eigenvalue weighted by atomic mass is 10.1. The SMILES string of the molecule is COc1ccc2oc3cc(OCC(=O)NC4CCS(=O)(=O)C4)cc(O)c3c(=O)c2c1. The molecule has 30 heavy (non-hydrogen) atoms. The predicted molar refractivity (Wildman–Crippen MR) is 109 cm³/mol. The molecule has 1 aliphatic rings. The highest BCUT2D eigenvalue weighted by Crippen LogP contribution is 2.31. The van der Waals surface area contributed by atoms with Gasteiger partial charge in [0, 0.05) is 18.2 Å². The lowest BCUT2D eigenvalue weighted by Gasteiger charge is -2.12. The van der Waals surface area contributed by atoms with E-state index in [4.69, 9.17) is 13.9 Å². The molecule has 1 unspecified atom stereocenters. The lowest BCUT2D eigenvalue weighted by Crippen LogP contribution is -2.38. The lowest BCUT2D eigenvalue weighted by molar-refractivity contribution is -0.123. The van der Waals surface area contributed by atoms with Crippen molar-refractivity contribution in [3.8, 4) is 17.2 Å². The Balaban J connectivity index is 1.56. The Morgan fingerprint density at radius 1 is 1.23 bits per heavy atom. The number of aromatic hydroxyl groups is 1. The van der Waals surface area contributed by atoms with Crippen LogP contribution in [0.25, 0.3) is 21.9 Å². The number of fused-ring (bicyclic) bond motifs is 2. The number of nitrogens with one attached hydrogen (secondary N) is 1. The minimum atomic E-state index is -3.10. The van der Waals surface area contributed by atoms with Crippen molar-refractivity contribution >= 4 is 37.7 Å². The number of benzene rings is 2. The Morgan fingerprint density at radius 3 is 2.73 bits per heavy atom. The van der Waals surface area contributed by atoms with Gasteiger partial charge < -0.3 is 24.3 Å². The van der Waals surface area contributed by atoms with E-state index >= 15 is 0 Å². The van der Waals surface area contributed by atoms with Crippen LogP contribution in [0, 0.1) is 0 Å². The molecule has 9 nitrogen and oxygen atoms in total. The Bertz CT molecular complexity index is 1310. The first-order valence-corrected chi connectivity index (χ1v) is 11.0. The van der Waals surface area contributed by atoms with Gasteiger partial charge in [-0.25, -0.2) is 8.42 Å². The highest BCUT2D eigenvalue weighted by atomic mass is 32.2. The van der Waals surface area contributed by atoms with Crippen LogP contribution < -0.4 is 20.2 Å². The number of carbonyl (C=O) groups is 1. The van der Waals surface area contributed by atoms with Gasteiger partial charge in [-0.3, -0.25) is 9.59 Å². The minimum absolute atomic E-state index is 0.0104. The van der Waals surface area contributed by atoms with Crippen molar-refractivity contribution in [2.24, 2.45) is 0 Å². The van der Waals surface area contributed by atoms with E-state index in [1.54, 1.807) is 12.1 Å². The Hall–Kier alpha value is -3.27. The third-order valence-electron chi connectivity index (χ3n) is 4.90. The third kappa shape index (κ3) is 3.90. The molecule has 2 aromatic carbocycles. The fourth-order valence-corrected chi connectivity index (χ4v) is 5.12. The molecule has 0 bridgehead atoms. The number of rotatable bonds is 5. The zero-order valence-corrected chi connectivity index (χ0v) is 16.8. The Kier molecular flexibility index (Phi) is 5.02. The molecule has 0 radical (unpaired) electrons. The summed E-state index contributed by atoms with van der Waals surface area (Å²) in [4.78, 5) is 24.8. The maximum Gasteiger partial charge on any atom is 0.258 e. The second-order valence-electron chi connectivity index (χ2n) is 7.06. The summed E-state index contributed by atoms with van der Waals surface area (Å²) in [5.41, 5.74) is -0.00520. The van der Waals surface area contributed by atoms with Crippen LogP contribution in [0.1, 0.15) is 6.42 Å². The Morgan fingerprint density at radius 2 is 2.03 bits per heavy atom. The van der Waals surface area contributed by atoms with Crippen LogP contribution in [0.4, 0.5) is 0 Å². The van der Waals surface area contributed by atoms with Gasteiger partial charge in [0.25, 0.3) is 5.91 Å². The van der Waals surface area contributed by atoms with Gasteiger partial charge in [-0.15, -0.1) is 0 Å². The number of carbonyl (C=O) groups excluding carboxylic acids is 1. The van der Waals surface area contributed by atoms with Crippen molar-refractivity contribution in [2.75, 3.05) is 25.2 Å². The molecule has 0 spiro atoms. The van der Waals surface area contributed by atoms with Gasteiger partial charge in [-0.2, -0.15) is 0 Å². The molecule has 1 saturated heterocycles. The smallest absolute Gasteiger partial charge is 0.258 e. The molecule has 4 rings (SSSR count). The molecule has 1 aliphatic heterocycles. The monoisotopic (exact) mass is 433 g/mol. The summed E-state index contributed by atoms with van der Waals surface area (Å²) < 4.78 is 39.2. The van der Waals surface area contributed by atoms with Crippen molar-refractivity contribution in [1.29, 1.82) is 0 Å². The van der Waals surface area contributed by atoms with Crippen LogP contribution in [0.3, 0.4) is 0 Å². The Labute approximate surface area is 171 Å². The van der Waals surface area contributed by atoms with Crippen LogP contribution in [0.5, 0.6) is 17.2 Å². The number of phenols is 1. The molecule has 2 heterocycles. The fraction of sp³-hybridized carbons (Fsp3) is 0.300. The number of ether oxygens (including phenoxy) is 2. The summed E-state index contributed by atoms with van der Waals surface area (Å²) in [7, 11) is -1.62. The second-order valence-corrected chi connectivity index (χ2v) is 9.29. The molecule has 0 aliphatic carbocycles. The average Bonchev–Trinajstić information content (AvgIpc) is 3.04. The van der Waals surface area contributed by atoms with Gasteiger partial charge in [-0.1, -0.05) is 0 Å².